The Bertz CT molecular complexity index is 541. The van der Waals surface area contributed by atoms with Crippen molar-refractivity contribution in [2.45, 2.75) is 13.5 Å². The SMILES string of the molecule is COCCn1cc(Nc2nc(C)cc(OC)n2)cn1. The molecule has 0 unspecified atom stereocenters. The Kier molecular flexibility index (Phi) is 4.30. The summed E-state index contributed by atoms with van der Waals surface area (Å²) in [6.45, 7) is 3.21. The number of anilines is 2. The third-order valence-corrected chi connectivity index (χ3v) is 2.45. The molecule has 0 saturated heterocycles. The van der Waals surface area contributed by atoms with Gasteiger partial charge >= 0.3 is 0 Å². The van der Waals surface area contributed by atoms with Gasteiger partial charge in [-0.1, -0.05) is 0 Å². The van der Waals surface area contributed by atoms with Gasteiger partial charge < -0.3 is 14.8 Å². The molecular formula is C12H17N5O2. The van der Waals surface area contributed by atoms with Crippen LogP contribution in [0.5, 0.6) is 5.88 Å². The summed E-state index contributed by atoms with van der Waals surface area (Å²) < 4.78 is 11.9. The minimum atomic E-state index is 0.489. The van der Waals surface area contributed by atoms with Crippen molar-refractivity contribution in [3.63, 3.8) is 0 Å². The first kappa shape index (κ1) is 13.3. The molecule has 1 N–H and O–H groups in total. The first-order chi connectivity index (χ1) is 9.21. The molecule has 0 amide bonds. The highest BCUT2D eigenvalue weighted by molar-refractivity contribution is 5.51. The lowest BCUT2D eigenvalue weighted by atomic mass is 10.4. The zero-order chi connectivity index (χ0) is 13.7. The standard InChI is InChI=1S/C12H17N5O2/c1-9-6-11(19-3)16-12(14-9)15-10-7-13-17(8-10)4-5-18-2/h6-8H,4-5H2,1-3H3,(H,14,15,16). The largest absolute Gasteiger partial charge is 0.481 e. The molecule has 2 aromatic heterocycles. The van der Waals surface area contributed by atoms with Crippen molar-refractivity contribution in [1.82, 2.24) is 19.7 Å². The molecular weight excluding hydrogens is 246 g/mol. The van der Waals surface area contributed by atoms with E-state index in [4.69, 9.17) is 9.47 Å². The first-order valence-corrected chi connectivity index (χ1v) is 5.89. The Balaban J connectivity index is 2.08. The Labute approximate surface area is 111 Å². The summed E-state index contributed by atoms with van der Waals surface area (Å²) in [5, 5.41) is 7.29. The summed E-state index contributed by atoms with van der Waals surface area (Å²) in [6.07, 6.45) is 3.59. The lowest BCUT2D eigenvalue weighted by molar-refractivity contribution is 0.183. The summed E-state index contributed by atoms with van der Waals surface area (Å²) in [5.74, 6) is 1.02. The van der Waals surface area contributed by atoms with E-state index in [1.807, 2.05) is 13.1 Å². The maximum absolute atomic E-state index is 5.10. The van der Waals surface area contributed by atoms with E-state index >= 15 is 0 Å². The molecule has 0 spiro atoms. The van der Waals surface area contributed by atoms with Gasteiger partial charge in [0.25, 0.3) is 0 Å². The number of nitrogens with zero attached hydrogens (tertiary/aromatic N) is 4. The second kappa shape index (κ2) is 6.14. The van der Waals surface area contributed by atoms with Crippen molar-refractivity contribution in [3.8, 4) is 5.88 Å². The lowest BCUT2D eigenvalue weighted by Crippen LogP contribution is -2.04. The summed E-state index contributed by atoms with van der Waals surface area (Å²) in [6, 6.07) is 1.77. The Morgan fingerprint density at radius 2 is 2.16 bits per heavy atom. The van der Waals surface area contributed by atoms with Crippen molar-refractivity contribution in [3.05, 3.63) is 24.2 Å². The normalized spacial score (nSPS) is 10.5. The van der Waals surface area contributed by atoms with Crippen LogP contribution < -0.4 is 10.1 Å². The second-order valence-electron chi connectivity index (χ2n) is 3.99. The van der Waals surface area contributed by atoms with Gasteiger partial charge in [0, 0.05) is 25.1 Å². The number of rotatable bonds is 6. The van der Waals surface area contributed by atoms with E-state index in [1.165, 1.54) is 0 Å². The molecule has 0 aromatic carbocycles. The van der Waals surface area contributed by atoms with E-state index in [2.05, 4.69) is 20.4 Å². The van der Waals surface area contributed by atoms with Crippen LogP contribution >= 0.6 is 0 Å². The molecule has 2 aromatic rings. The van der Waals surface area contributed by atoms with Crippen LogP contribution in [0, 0.1) is 6.92 Å². The fourth-order valence-electron chi connectivity index (χ4n) is 1.56. The average molecular weight is 263 g/mol. The predicted octanol–water partition coefficient (Wildman–Crippen LogP) is 1.38. The fourth-order valence-corrected chi connectivity index (χ4v) is 1.56. The number of nitrogens with one attached hydrogen (secondary N) is 1. The predicted molar refractivity (Wildman–Crippen MR) is 70.7 cm³/mol. The van der Waals surface area contributed by atoms with Gasteiger partial charge in [-0.3, -0.25) is 4.68 Å². The molecule has 7 nitrogen and oxygen atoms in total. The van der Waals surface area contributed by atoms with E-state index in [0.29, 0.717) is 25.0 Å². The topological polar surface area (TPSA) is 74.1 Å². The molecule has 0 radical (unpaired) electrons. The maximum atomic E-state index is 5.10. The van der Waals surface area contributed by atoms with Gasteiger partial charge in [-0.15, -0.1) is 0 Å². The van der Waals surface area contributed by atoms with Crippen LogP contribution in [-0.2, 0) is 11.3 Å². The highest BCUT2D eigenvalue weighted by Gasteiger charge is 2.04. The third-order valence-electron chi connectivity index (χ3n) is 2.45. The van der Waals surface area contributed by atoms with Gasteiger partial charge in [-0.05, 0) is 6.92 Å². The monoisotopic (exact) mass is 263 g/mol. The molecule has 0 atom stereocenters. The molecule has 7 heteroatoms. The van der Waals surface area contributed by atoms with E-state index < -0.39 is 0 Å². The molecule has 0 aliphatic heterocycles. The van der Waals surface area contributed by atoms with Crippen molar-refractivity contribution >= 4 is 11.6 Å². The fraction of sp³-hybridized carbons (Fsp3) is 0.417. The van der Waals surface area contributed by atoms with Crippen molar-refractivity contribution < 1.29 is 9.47 Å². The van der Waals surface area contributed by atoms with Gasteiger partial charge in [0.15, 0.2) is 0 Å². The molecule has 102 valence electrons. The van der Waals surface area contributed by atoms with Gasteiger partial charge in [-0.25, -0.2) is 4.98 Å². The highest BCUT2D eigenvalue weighted by atomic mass is 16.5. The van der Waals surface area contributed by atoms with Gasteiger partial charge in [0.2, 0.25) is 11.8 Å². The van der Waals surface area contributed by atoms with Crippen LogP contribution in [0.15, 0.2) is 18.5 Å². The van der Waals surface area contributed by atoms with Crippen LogP contribution in [0.25, 0.3) is 0 Å². The van der Waals surface area contributed by atoms with Crippen LogP contribution in [0.3, 0.4) is 0 Å². The minimum absolute atomic E-state index is 0.489. The Morgan fingerprint density at radius 3 is 2.89 bits per heavy atom. The third kappa shape index (κ3) is 3.65. The van der Waals surface area contributed by atoms with Crippen LogP contribution in [0.2, 0.25) is 0 Å². The zero-order valence-electron chi connectivity index (χ0n) is 11.3. The molecule has 2 heterocycles. The molecule has 0 fully saturated rings. The van der Waals surface area contributed by atoms with Crippen LogP contribution in [0.4, 0.5) is 11.6 Å². The van der Waals surface area contributed by atoms with Crippen molar-refractivity contribution in [1.29, 1.82) is 0 Å². The van der Waals surface area contributed by atoms with E-state index in [1.54, 1.807) is 31.2 Å². The maximum Gasteiger partial charge on any atom is 0.230 e. The lowest BCUT2D eigenvalue weighted by Gasteiger charge is -2.05. The number of methoxy groups -OCH3 is 2. The minimum Gasteiger partial charge on any atom is -0.481 e. The summed E-state index contributed by atoms with van der Waals surface area (Å²) in [4.78, 5) is 8.50. The molecule has 0 aliphatic rings. The van der Waals surface area contributed by atoms with Gasteiger partial charge in [0.05, 0.1) is 32.1 Å². The van der Waals surface area contributed by atoms with Crippen LogP contribution in [-0.4, -0.2) is 40.6 Å². The molecule has 0 bridgehead atoms. The average Bonchev–Trinajstić information content (AvgIpc) is 2.83. The summed E-state index contributed by atoms with van der Waals surface area (Å²) in [7, 11) is 3.24. The van der Waals surface area contributed by atoms with Gasteiger partial charge in [0.1, 0.15) is 0 Å². The number of hydrogen-bond acceptors (Lipinski definition) is 6. The smallest absolute Gasteiger partial charge is 0.230 e. The first-order valence-electron chi connectivity index (χ1n) is 5.89. The second-order valence-corrected chi connectivity index (χ2v) is 3.99. The summed E-state index contributed by atoms with van der Waals surface area (Å²) >= 11 is 0. The van der Waals surface area contributed by atoms with E-state index in [0.717, 1.165) is 11.4 Å². The molecule has 0 aliphatic carbocycles. The van der Waals surface area contributed by atoms with Crippen molar-refractivity contribution in [2.24, 2.45) is 0 Å². The molecule has 2 rings (SSSR count). The van der Waals surface area contributed by atoms with E-state index in [-0.39, 0.29) is 0 Å². The number of hydrogen-bond donors (Lipinski definition) is 1. The van der Waals surface area contributed by atoms with Crippen LogP contribution in [0.1, 0.15) is 5.69 Å². The number of aryl methyl sites for hydroxylation is 1. The Hall–Kier alpha value is -2.15. The molecule has 19 heavy (non-hydrogen) atoms. The number of aromatic nitrogens is 4. The Morgan fingerprint density at radius 1 is 1.32 bits per heavy atom. The number of ether oxygens (including phenoxy) is 2. The quantitative estimate of drug-likeness (QED) is 0.848. The van der Waals surface area contributed by atoms with Gasteiger partial charge in [-0.2, -0.15) is 10.1 Å². The van der Waals surface area contributed by atoms with E-state index in [9.17, 15) is 0 Å². The highest BCUT2D eigenvalue weighted by Crippen LogP contribution is 2.15. The molecule has 0 saturated carbocycles. The van der Waals surface area contributed by atoms with Crippen molar-refractivity contribution in [2.75, 3.05) is 26.1 Å². The zero-order valence-corrected chi connectivity index (χ0v) is 11.3. The summed E-state index contributed by atoms with van der Waals surface area (Å²) in [5.41, 5.74) is 1.66.